The number of hydrogen-bond acceptors (Lipinski definition) is 2. The van der Waals surface area contributed by atoms with Crippen molar-refractivity contribution < 1.29 is 4.74 Å². The zero-order chi connectivity index (χ0) is 43.3. The van der Waals surface area contributed by atoms with E-state index in [0.717, 1.165) is 11.5 Å². The lowest BCUT2D eigenvalue weighted by Gasteiger charge is -2.49. The SMILES string of the molecule is CC(C)(C)c1ccc2c(c1)C1(c3cc(C(C)(C)C)ccc3O2)c2ccccc2N(c2ccc3c(c2)[Si]2(c4ccccc4-c4ccccc42)c2ccccc2-3)c2ccc3ccccc3c21. The first-order chi connectivity index (χ1) is 31.0. The number of benzene rings is 9. The second-order valence-electron chi connectivity index (χ2n) is 20.4. The molecule has 0 amide bonds. The van der Waals surface area contributed by atoms with Gasteiger partial charge in [-0.2, -0.15) is 0 Å². The Balaban J connectivity index is 1.16. The third-order valence-corrected chi connectivity index (χ3v) is 20.0. The predicted octanol–water partition coefficient (Wildman–Crippen LogP) is 13.0. The van der Waals surface area contributed by atoms with Gasteiger partial charge in [0.05, 0.1) is 16.8 Å². The fourth-order valence-corrected chi connectivity index (χ4v) is 17.8. The van der Waals surface area contributed by atoms with Gasteiger partial charge in [-0.1, -0.05) is 181 Å². The van der Waals surface area contributed by atoms with Crippen molar-refractivity contribution in [3.05, 3.63) is 221 Å². The molecule has 4 heterocycles. The van der Waals surface area contributed by atoms with Crippen molar-refractivity contribution in [2.24, 2.45) is 0 Å². The van der Waals surface area contributed by atoms with Crippen LogP contribution in [0, 0.1) is 0 Å². The minimum Gasteiger partial charge on any atom is -0.457 e. The standard InChI is InChI=1S/C61H49NOSi/c1-59(2,3)39-28-33-52-48(35-39)61(49-36-40(60(4,5)6)29-34-53(49)63-52)47-22-12-13-23-50(47)62(51-32-27-38-17-7-8-18-42(38)58(51)61)41-30-31-46-45-21-11-16-26-56(45)64(57(46)37-41)54-24-14-9-19-43(54)44-20-10-15-25-55(44)64/h7-37H,1-6H3. The second-order valence-corrected chi connectivity index (χ2v) is 24.1. The van der Waals surface area contributed by atoms with Crippen LogP contribution in [0.15, 0.2) is 188 Å². The molecule has 2 spiro atoms. The summed E-state index contributed by atoms with van der Waals surface area (Å²) in [5.41, 5.74) is 15.7. The van der Waals surface area contributed by atoms with Gasteiger partial charge in [0.1, 0.15) is 11.5 Å². The molecule has 4 aliphatic heterocycles. The summed E-state index contributed by atoms with van der Waals surface area (Å²) in [5.74, 6) is 1.82. The van der Waals surface area contributed by atoms with Gasteiger partial charge in [-0.25, -0.2) is 0 Å². The summed E-state index contributed by atoms with van der Waals surface area (Å²) in [6.07, 6.45) is 0. The molecule has 0 bridgehead atoms. The van der Waals surface area contributed by atoms with Crippen LogP contribution in [0.25, 0.3) is 33.0 Å². The van der Waals surface area contributed by atoms with Crippen LogP contribution in [0.5, 0.6) is 11.5 Å². The number of hydrogen-bond donors (Lipinski definition) is 0. The van der Waals surface area contributed by atoms with Crippen LogP contribution in [0.1, 0.15) is 74.9 Å². The molecule has 4 aliphatic rings. The molecule has 0 fully saturated rings. The molecule has 3 heteroatoms. The van der Waals surface area contributed by atoms with E-state index < -0.39 is 13.5 Å². The zero-order valence-corrected chi connectivity index (χ0v) is 38.3. The lowest BCUT2D eigenvalue weighted by atomic mass is 9.59. The van der Waals surface area contributed by atoms with Crippen LogP contribution < -0.4 is 30.4 Å². The van der Waals surface area contributed by atoms with E-state index in [1.165, 1.54) is 104 Å². The van der Waals surface area contributed by atoms with Gasteiger partial charge in [0, 0.05) is 22.4 Å². The molecule has 0 aromatic heterocycles. The Labute approximate surface area is 377 Å². The van der Waals surface area contributed by atoms with Crippen LogP contribution in [0.4, 0.5) is 17.1 Å². The molecule has 0 saturated carbocycles. The van der Waals surface area contributed by atoms with E-state index in [1.807, 2.05) is 0 Å². The first kappa shape index (κ1) is 37.6. The van der Waals surface area contributed by atoms with E-state index in [2.05, 4.69) is 234 Å². The molecule has 9 aromatic rings. The van der Waals surface area contributed by atoms with Gasteiger partial charge in [0.2, 0.25) is 0 Å². The van der Waals surface area contributed by atoms with Gasteiger partial charge in [0.15, 0.2) is 8.07 Å². The second kappa shape index (κ2) is 12.8. The summed E-state index contributed by atoms with van der Waals surface area (Å²) in [4.78, 5) is 2.59. The van der Waals surface area contributed by atoms with Crippen LogP contribution in [0.2, 0.25) is 0 Å². The Hall–Kier alpha value is -6.94. The van der Waals surface area contributed by atoms with Crippen molar-refractivity contribution in [1.29, 1.82) is 0 Å². The molecule has 64 heavy (non-hydrogen) atoms. The summed E-state index contributed by atoms with van der Waals surface area (Å²) >= 11 is 0. The molecular weight excluding hydrogens is 791 g/mol. The van der Waals surface area contributed by atoms with E-state index >= 15 is 0 Å². The van der Waals surface area contributed by atoms with Crippen molar-refractivity contribution in [3.63, 3.8) is 0 Å². The van der Waals surface area contributed by atoms with Gasteiger partial charge in [-0.3, -0.25) is 0 Å². The average molecular weight is 840 g/mol. The number of ether oxygens (including phenoxy) is 1. The smallest absolute Gasteiger partial charge is 0.182 e. The monoisotopic (exact) mass is 839 g/mol. The maximum Gasteiger partial charge on any atom is 0.182 e. The number of fused-ring (bicyclic) bond motifs is 20. The average Bonchev–Trinajstić information content (AvgIpc) is 3.77. The maximum absolute atomic E-state index is 7.08. The van der Waals surface area contributed by atoms with E-state index in [1.54, 1.807) is 0 Å². The maximum atomic E-state index is 7.08. The minimum atomic E-state index is -2.70. The molecule has 0 saturated heterocycles. The van der Waals surface area contributed by atoms with Gasteiger partial charge in [0.25, 0.3) is 0 Å². The third kappa shape index (κ3) is 4.75. The highest BCUT2D eigenvalue weighted by Gasteiger charge is 2.56. The largest absolute Gasteiger partial charge is 0.457 e. The third-order valence-electron chi connectivity index (χ3n) is 15.0. The Morgan fingerprint density at radius 1 is 0.422 bits per heavy atom. The zero-order valence-electron chi connectivity index (χ0n) is 37.3. The Morgan fingerprint density at radius 2 is 0.938 bits per heavy atom. The van der Waals surface area contributed by atoms with Crippen molar-refractivity contribution in [2.75, 3.05) is 4.90 Å². The van der Waals surface area contributed by atoms with Crippen LogP contribution in [-0.4, -0.2) is 8.07 Å². The van der Waals surface area contributed by atoms with Gasteiger partial charge < -0.3 is 9.64 Å². The van der Waals surface area contributed by atoms with E-state index in [9.17, 15) is 0 Å². The predicted molar refractivity (Wildman–Crippen MR) is 270 cm³/mol. The normalized spacial score (nSPS) is 15.4. The van der Waals surface area contributed by atoms with E-state index in [-0.39, 0.29) is 10.8 Å². The Bertz CT molecular complexity index is 3340. The van der Waals surface area contributed by atoms with Crippen LogP contribution in [0.3, 0.4) is 0 Å². The van der Waals surface area contributed by atoms with Crippen molar-refractivity contribution in [3.8, 4) is 33.8 Å². The van der Waals surface area contributed by atoms with Crippen LogP contribution >= 0.6 is 0 Å². The summed E-state index contributed by atoms with van der Waals surface area (Å²) in [7, 11) is -2.70. The minimum absolute atomic E-state index is 0.0785. The molecule has 0 atom stereocenters. The molecule has 9 aromatic carbocycles. The number of anilines is 3. The van der Waals surface area contributed by atoms with Gasteiger partial charge >= 0.3 is 0 Å². The Morgan fingerprint density at radius 3 is 1.53 bits per heavy atom. The van der Waals surface area contributed by atoms with E-state index in [0.29, 0.717) is 0 Å². The fourth-order valence-electron chi connectivity index (χ4n) is 12.2. The summed E-state index contributed by atoms with van der Waals surface area (Å²) < 4.78 is 7.08. The number of nitrogens with zero attached hydrogens (tertiary/aromatic N) is 1. The molecule has 0 N–H and O–H groups in total. The molecule has 308 valence electrons. The number of para-hydroxylation sites is 1. The highest BCUT2D eigenvalue weighted by molar-refractivity contribution is 7.24. The van der Waals surface area contributed by atoms with Gasteiger partial charge in [-0.15, -0.1) is 0 Å². The molecule has 0 unspecified atom stereocenters. The first-order valence-corrected chi connectivity index (χ1v) is 24.8. The lowest BCUT2D eigenvalue weighted by Crippen LogP contribution is -2.70. The topological polar surface area (TPSA) is 12.5 Å². The number of rotatable bonds is 1. The molecule has 2 nitrogen and oxygen atoms in total. The van der Waals surface area contributed by atoms with Crippen molar-refractivity contribution >= 4 is 56.7 Å². The van der Waals surface area contributed by atoms with Crippen molar-refractivity contribution in [1.82, 2.24) is 0 Å². The van der Waals surface area contributed by atoms with E-state index in [4.69, 9.17) is 4.74 Å². The summed E-state index contributed by atoms with van der Waals surface area (Å²) in [5, 5.41) is 8.41. The van der Waals surface area contributed by atoms with Crippen molar-refractivity contribution in [2.45, 2.75) is 57.8 Å². The van der Waals surface area contributed by atoms with Gasteiger partial charge in [-0.05, 0) is 130 Å². The molecule has 13 rings (SSSR count). The fraction of sp³-hybridized carbons (Fsp3) is 0.148. The van der Waals surface area contributed by atoms with Crippen LogP contribution in [-0.2, 0) is 16.2 Å². The quantitative estimate of drug-likeness (QED) is 0.153. The molecular formula is C61H49NOSi. The first-order valence-electron chi connectivity index (χ1n) is 22.8. The molecule has 0 aliphatic carbocycles. The molecule has 0 radical (unpaired) electrons. The Kier molecular flexibility index (Phi) is 7.54. The highest BCUT2D eigenvalue weighted by atomic mass is 28.3. The highest BCUT2D eigenvalue weighted by Crippen LogP contribution is 2.64. The summed E-state index contributed by atoms with van der Waals surface area (Å²) in [6.45, 7) is 13.9. The summed E-state index contributed by atoms with van der Waals surface area (Å²) in [6, 6.07) is 72.1. The lowest BCUT2D eigenvalue weighted by molar-refractivity contribution is 0.431.